The maximum Gasteiger partial charge on any atom is 0.407 e. The lowest BCUT2D eigenvalue weighted by atomic mass is 10.2. The second kappa shape index (κ2) is 5.47. The minimum absolute atomic E-state index is 0.0420. The Balaban J connectivity index is 1.67. The lowest BCUT2D eigenvalue weighted by molar-refractivity contribution is -0.129. The van der Waals surface area contributed by atoms with E-state index in [1.807, 2.05) is 13.0 Å². The van der Waals surface area contributed by atoms with Crippen molar-refractivity contribution in [1.29, 1.82) is 0 Å². The Hall–Kier alpha value is -2.31. The molecule has 0 aliphatic carbocycles. The van der Waals surface area contributed by atoms with Crippen molar-refractivity contribution in [2.45, 2.75) is 45.5 Å². The third kappa shape index (κ3) is 2.70. The standard InChI is InChI=1S/C15H19N3O4/c1-9-3-13(8-18(9)15(20)21)22-14-4-11-6-17(10(2)19)7-12(11)5-16-14/h4-5,9,13H,3,6-8H2,1-2H3,(H,20,21)/t9-,13+/m0/s1. The maximum absolute atomic E-state index is 11.4. The number of nitrogens with zero attached hydrogens (tertiary/aromatic N) is 3. The van der Waals surface area contributed by atoms with E-state index in [-0.39, 0.29) is 18.1 Å². The first kappa shape index (κ1) is 14.6. The third-order valence-electron chi connectivity index (χ3n) is 4.30. The molecule has 0 saturated carbocycles. The molecule has 0 unspecified atom stereocenters. The summed E-state index contributed by atoms with van der Waals surface area (Å²) in [4.78, 5) is 29.9. The number of pyridine rings is 1. The molecule has 118 valence electrons. The van der Waals surface area contributed by atoms with Crippen LogP contribution in [0.3, 0.4) is 0 Å². The van der Waals surface area contributed by atoms with Crippen LogP contribution in [0.15, 0.2) is 12.3 Å². The van der Waals surface area contributed by atoms with E-state index in [4.69, 9.17) is 9.84 Å². The van der Waals surface area contributed by atoms with Crippen molar-refractivity contribution in [3.8, 4) is 5.88 Å². The lowest BCUT2D eigenvalue weighted by Crippen LogP contribution is -2.33. The molecule has 0 radical (unpaired) electrons. The molecule has 7 heteroatoms. The van der Waals surface area contributed by atoms with E-state index < -0.39 is 6.09 Å². The molecule has 2 aliphatic heterocycles. The normalized spacial score (nSPS) is 23.5. The second-order valence-electron chi connectivity index (χ2n) is 5.93. The van der Waals surface area contributed by atoms with E-state index in [2.05, 4.69) is 4.98 Å². The summed E-state index contributed by atoms with van der Waals surface area (Å²) in [5.74, 6) is 0.536. The molecule has 1 aromatic heterocycles. The van der Waals surface area contributed by atoms with Crippen LogP contribution in [0.5, 0.6) is 5.88 Å². The van der Waals surface area contributed by atoms with Crippen molar-refractivity contribution in [1.82, 2.24) is 14.8 Å². The SMILES string of the molecule is CC(=O)N1Cc2cnc(O[C@@H]3C[C@H](C)N(C(=O)O)C3)cc2C1. The van der Waals surface area contributed by atoms with Crippen molar-refractivity contribution in [3.05, 3.63) is 23.4 Å². The van der Waals surface area contributed by atoms with Gasteiger partial charge in [0.2, 0.25) is 11.8 Å². The minimum atomic E-state index is -0.919. The molecular formula is C15H19N3O4. The summed E-state index contributed by atoms with van der Waals surface area (Å²) >= 11 is 0. The third-order valence-corrected chi connectivity index (χ3v) is 4.30. The Morgan fingerprint density at radius 1 is 1.36 bits per heavy atom. The second-order valence-corrected chi connectivity index (χ2v) is 5.93. The van der Waals surface area contributed by atoms with Crippen LogP contribution < -0.4 is 4.74 Å². The van der Waals surface area contributed by atoms with Gasteiger partial charge in [-0.25, -0.2) is 9.78 Å². The molecule has 2 amide bonds. The van der Waals surface area contributed by atoms with Gasteiger partial charge in [-0.2, -0.15) is 0 Å². The summed E-state index contributed by atoms with van der Waals surface area (Å²) in [7, 11) is 0. The zero-order valence-electron chi connectivity index (χ0n) is 12.7. The molecule has 1 saturated heterocycles. The first-order valence-corrected chi connectivity index (χ1v) is 7.33. The Bertz CT molecular complexity index is 619. The fourth-order valence-electron chi connectivity index (χ4n) is 3.05. The maximum atomic E-state index is 11.4. The van der Waals surface area contributed by atoms with E-state index in [1.54, 1.807) is 18.0 Å². The molecule has 0 bridgehead atoms. The average Bonchev–Trinajstić information content (AvgIpc) is 3.02. The highest BCUT2D eigenvalue weighted by Crippen LogP contribution is 2.27. The van der Waals surface area contributed by atoms with Crippen LogP contribution in [0.25, 0.3) is 0 Å². The molecule has 3 rings (SSSR count). The fraction of sp³-hybridized carbons (Fsp3) is 0.533. The van der Waals surface area contributed by atoms with Crippen molar-refractivity contribution < 1.29 is 19.4 Å². The van der Waals surface area contributed by atoms with Gasteiger partial charge >= 0.3 is 6.09 Å². The molecule has 2 atom stereocenters. The van der Waals surface area contributed by atoms with E-state index in [9.17, 15) is 9.59 Å². The Morgan fingerprint density at radius 3 is 2.73 bits per heavy atom. The number of carbonyl (C=O) groups excluding carboxylic acids is 1. The van der Waals surface area contributed by atoms with Crippen molar-refractivity contribution in [3.63, 3.8) is 0 Å². The monoisotopic (exact) mass is 305 g/mol. The van der Waals surface area contributed by atoms with Gasteiger partial charge in [-0.15, -0.1) is 0 Å². The number of rotatable bonds is 2. The highest BCUT2D eigenvalue weighted by atomic mass is 16.5. The van der Waals surface area contributed by atoms with Crippen LogP contribution in [0, 0.1) is 0 Å². The van der Waals surface area contributed by atoms with E-state index >= 15 is 0 Å². The number of ether oxygens (including phenoxy) is 1. The Kier molecular flexibility index (Phi) is 3.64. The van der Waals surface area contributed by atoms with Gasteiger partial charge in [0.1, 0.15) is 6.10 Å². The van der Waals surface area contributed by atoms with Crippen LogP contribution in [0.2, 0.25) is 0 Å². The van der Waals surface area contributed by atoms with Crippen molar-refractivity contribution >= 4 is 12.0 Å². The fourth-order valence-corrected chi connectivity index (χ4v) is 3.05. The Labute approximate surface area is 128 Å². The topological polar surface area (TPSA) is 83.0 Å². The van der Waals surface area contributed by atoms with Gasteiger partial charge in [-0.1, -0.05) is 0 Å². The van der Waals surface area contributed by atoms with Gasteiger partial charge in [0.05, 0.1) is 6.54 Å². The van der Waals surface area contributed by atoms with Crippen molar-refractivity contribution in [2.75, 3.05) is 6.54 Å². The zero-order valence-corrected chi connectivity index (χ0v) is 12.7. The predicted molar refractivity (Wildman–Crippen MR) is 77.4 cm³/mol. The van der Waals surface area contributed by atoms with Gasteiger partial charge in [-0.3, -0.25) is 4.79 Å². The van der Waals surface area contributed by atoms with Crippen LogP contribution in [0.4, 0.5) is 4.79 Å². The number of amides is 2. The van der Waals surface area contributed by atoms with Crippen molar-refractivity contribution in [2.24, 2.45) is 0 Å². The summed E-state index contributed by atoms with van der Waals surface area (Å²) in [5.41, 5.74) is 2.08. The number of aromatic nitrogens is 1. The summed E-state index contributed by atoms with van der Waals surface area (Å²) in [6, 6.07) is 1.80. The van der Waals surface area contributed by atoms with E-state index in [0.717, 1.165) is 11.1 Å². The lowest BCUT2D eigenvalue weighted by Gasteiger charge is -2.16. The van der Waals surface area contributed by atoms with Gasteiger partial charge in [0, 0.05) is 44.7 Å². The number of carbonyl (C=O) groups is 2. The van der Waals surface area contributed by atoms with Gasteiger partial charge in [-0.05, 0) is 18.1 Å². The highest BCUT2D eigenvalue weighted by molar-refractivity contribution is 5.74. The summed E-state index contributed by atoms with van der Waals surface area (Å²) in [6.07, 6.45) is 1.30. The number of likely N-dealkylation sites (tertiary alicyclic amines) is 1. The molecular weight excluding hydrogens is 286 g/mol. The first-order valence-electron chi connectivity index (χ1n) is 7.33. The van der Waals surface area contributed by atoms with Gasteiger partial charge in [0.25, 0.3) is 0 Å². The summed E-state index contributed by atoms with van der Waals surface area (Å²) in [6.45, 7) is 4.95. The molecule has 2 aliphatic rings. The van der Waals surface area contributed by atoms with Crippen LogP contribution in [-0.4, -0.2) is 50.6 Å². The van der Waals surface area contributed by atoms with Gasteiger partial charge < -0.3 is 19.6 Å². The largest absolute Gasteiger partial charge is 0.472 e. The molecule has 22 heavy (non-hydrogen) atoms. The molecule has 0 aromatic carbocycles. The van der Waals surface area contributed by atoms with Crippen LogP contribution in [-0.2, 0) is 17.9 Å². The quantitative estimate of drug-likeness (QED) is 0.894. The first-order chi connectivity index (χ1) is 10.4. The number of carboxylic acid groups (broad SMARTS) is 1. The summed E-state index contributed by atoms with van der Waals surface area (Å²) in [5, 5.41) is 9.09. The number of hydrogen-bond acceptors (Lipinski definition) is 4. The molecule has 3 heterocycles. The molecule has 1 fully saturated rings. The molecule has 0 spiro atoms. The Morgan fingerprint density at radius 2 is 2.09 bits per heavy atom. The number of fused-ring (bicyclic) bond motifs is 1. The molecule has 7 nitrogen and oxygen atoms in total. The highest BCUT2D eigenvalue weighted by Gasteiger charge is 2.34. The zero-order chi connectivity index (χ0) is 15.9. The minimum Gasteiger partial charge on any atom is -0.472 e. The molecule has 1 aromatic rings. The van der Waals surface area contributed by atoms with Gasteiger partial charge in [0.15, 0.2) is 0 Å². The smallest absolute Gasteiger partial charge is 0.407 e. The van der Waals surface area contributed by atoms with E-state index in [1.165, 1.54) is 4.90 Å². The summed E-state index contributed by atoms with van der Waals surface area (Å²) < 4.78 is 5.83. The van der Waals surface area contributed by atoms with Crippen LogP contribution >= 0.6 is 0 Å². The van der Waals surface area contributed by atoms with Crippen LogP contribution in [0.1, 0.15) is 31.4 Å². The predicted octanol–water partition coefficient (Wildman–Crippen LogP) is 1.46. The van der Waals surface area contributed by atoms with E-state index in [0.29, 0.717) is 31.9 Å². The number of hydrogen-bond donors (Lipinski definition) is 1. The average molecular weight is 305 g/mol. The molecule has 1 N–H and O–H groups in total.